The number of benzene rings is 1. The molecule has 0 bridgehead atoms. The minimum absolute atomic E-state index is 0.0316. The average molecular weight is 370 g/mol. The fourth-order valence-corrected chi connectivity index (χ4v) is 2.18. The highest BCUT2D eigenvalue weighted by atomic mass is 79.9. The summed E-state index contributed by atoms with van der Waals surface area (Å²) >= 11 is 8.29. The molecule has 1 heterocycles. The van der Waals surface area contributed by atoms with Crippen molar-refractivity contribution in [3.8, 4) is 0 Å². The molecule has 0 aliphatic carbocycles. The Morgan fingerprint density at radius 3 is 2.75 bits per heavy atom. The van der Waals surface area contributed by atoms with Crippen molar-refractivity contribution in [2.45, 2.75) is 12.5 Å². The number of carbonyl (C=O) groups is 1. The van der Waals surface area contributed by atoms with Gasteiger partial charge in [0.05, 0.1) is 16.3 Å². The van der Waals surface area contributed by atoms with Crippen LogP contribution in [0.1, 0.15) is 6.42 Å². The Bertz CT molecular complexity index is 527. The summed E-state index contributed by atoms with van der Waals surface area (Å²) in [7, 11) is 0. The van der Waals surface area contributed by atoms with E-state index in [1.54, 1.807) is 0 Å². The number of rotatable bonds is 5. The molecule has 0 saturated carbocycles. The minimum Gasteiger partial charge on any atom is -0.378 e. The number of anilines is 2. The lowest BCUT2D eigenvalue weighted by atomic mass is 10.1. The number of nitrogens with one attached hydrogen (secondary N) is 2. The zero-order valence-corrected chi connectivity index (χ0v) is 12.7. The van der Waals surface area contributed by atoms with Gasteiger partial charge in [-0.2, -0.15) is 0 Å². The fraction of sp³-hybridized carbons (Fsp3) is 0.417. The van der Waals surface area contributed by atoms with Gasteiger partial charge in [0.2, 0.25) is 5.91 Å². The first-order valence-corrected chi connectivity index (χ1v) is 7.24. The maximum Gasteiger partial charge on any atom is 0.239 e. The molecule has 1 aliphatic rings. The summed E-state index contributed by atoms with van der Waals surface area (Å²) in [6.07, 6.45) is 0.821. The van der Waals surface area contributed by atoms with Gasteiger partial charge in [-0.05, 0) is 28.4 Å². The summed E-state index contributed by atoms with van der Waals surface area (Å²) in [5, 5.41) is 5.01. The maximum atomic E-state index is 14.1. The Kier molecular flexibility index (Phi) is 5.17. The SMILES string of the molecule is O=C(CCl)Nc1c(F)cc(Br)c(F)c1NC[C@@H]1CCO1. The second-order valence-corrected chi connectivity index (χ2v) is 5.37. The number of hydrogen-bond acceptors (Lipinski definition) is 3. The van der Waals surface area contributed by atoms with Crippen molar-refractivity contribution in [3.63, 3.8) is 0 Å². The first kappa shape index (κ1) is 15.5. The zero-order valence-electron chi connectivity index (χ0n) is 10.3. The monoisotopic (exact) mass is 368 g/mol. The van der Waals surface area contributed by atoms with Crippen LogP contribution in [-0.4, -0.2) is 31.0 Å². The number of hydrogen-bond donors (Lipinski definition) is 2. The van der Waals surface area contributed by atoms with Gasteiger partial charge in [-0.15, -0.1) is 11.6 Å². The van der Waals surface area contributed by atoms with Crippen LogP contribution in [0.25, 0.3) is 0 Å². The quantitative estimate of drug-likeness (QED) is 0.619. The molecular weight excluding hydrogens is 357 g/mol. The lowest BCUT2D eigenvalue weighted by molar-refractivity contribution is -0.113. The number of amides is 1. The van der Waals surface area contributed by atoms with E-state index >= 15 is 0 Å². The first-order chi connectivity index (χ1) is 9.52. The summed E-state index contributed by atoms with van der Waals surface area (Å²) < 4.78 is 33.1. The van der Waals surface area contributed by atoms with Crippen LogP contribution < -0.4 is 10.6 Å². The third kappa shape index (κ3) is 3.39. The Morgan fingerprint density at radius 1 is 1.50 bits per heavy atom. The topological polar surface area (TPSA) is 50.4 Å². The third-order valence-electron chi connectivity index (χ3n) is 2.86. The van der Waals surface area contributed by atoms with Crippen LogP contribution in [0.5, 0.6) is 0 Å². The van der Waals surface area contributed by atoms with Crippen LogP contribution in [0.4, 0.5) is 20.2 Å². The summed E-state index contributed by atoms with van der Waals surface area (Å²) in [6.45, 7) is 0.994. The first-order valence-electron chi connectivity index (χ1n) is 5.91. The van der Waals surface area contributed by atoms with E-state index in [4.69, 9.17) is 16.3 Å². The van der Waals surface area contributed by atoms with Crippen molar-refractivity contribution in [1.29, 1.82) is 0 Å². The molecular formula is C12H12BrClF2N2O2. The molecule has 110 valence electrons. The average Bonchev–Trinajstić information content (AvgIpc) is 2.36. The van der Waals surface area contributed by atoms with Crippen LogP contribution in [0.3, 0.4) is 0 Å². The van der Waals surface area contributed by atoms with Crippen LogP contribution >= 0.6 is 27.5 Å². The molecule has 4 nitrogen and oxygen atoms in total. The third-order valence-corrected chi connectivity index (χ3v) is 3.68. The van der Waals surface area contributed by atoms with Gasteiger partial charge in [-0.25, -0.2) is 8.78 Å². The molecule has 2 N–H and O–H groups in total. The summed E-state index contributed by atoms with van der Waals surface area (Å²) in [6, 6.07) is 0.949. The predicted octanol–water partition coefficient (Wildman–Crippen LogP) is 3.11. The highest BCUT2D eigenvalue weighted by molar-refractivity contribution is 9.10. The second kappa shape index (κ2) is 6.69. The molecule has 1 saturated heterocycles. The van der Waals surface area contributed by atoms with E-state index in [2.05, 4.69) is 26.6 Å². The standard InChI is InChI=1S/C12H12BrClF2N2O2/c13-7-3-8(15)11(18-9(19)4-14)12(10(7)16)17-5-6-1-2-20-6/h3,6,17H,1-2,4-5H2,(H,18,19)/t6-/m0/s1. The van der Waals surface area contributed by atoms with Gasteiger partial charge in [0.1, 0.15) is 17.4 Å². The smallest absolute Gasteiger partial charge is 0.239 e. The van der Waals surface area contributed by atoms with Gasteiger partial charge in [-0.1, -0.05) is 0 Å². The van der Waals surface area contributed by atoms with E-state index in [-0.39, 0.29) is 27.8 Å². The summed E-state index contributed by atoms with van der Waals surface area (Å²) in [5.74, 6) is -2.40. The van der Waals surface area contributed by atoms with E-state index in [9.17, 15) is 13.6 Å². The predicted molar refractivity (Wildman–Crippen MR) is 76.3 cm³/mol. The Hall–Kier alpha value is -0.920. The molecule has 0 unspecified atom stereocenters. The number of carbonyl (C=O) groups excluding carboxylic acids is 1. The molecule has 1 atom stereocenters. The maximum absolute atomic E-state index is 14.1. The summed E-state index contributed by atoms with van der Waals surface area (Å²) in [5.41, 5.74) is -0.374. The van der Waals surface area contributed by atoms with Crippen LogP contribution in [-0.2, 0) is 9.53 Å². The molecule has 1 aromatic rings. The van der Waals surface area contributed by atoms with E-state index in [1.165, 1.54) is 0 Å². The van der Waals surface area contributed by atoms with Crippen molar-refractivity contribution < 1.29 is 18.3 Å². The lowest BCUT2D eigenvalue weighted by Gasteiger charge is -2.27. The highest BCUT2D eigenvalue weighted by Crippen LogP contribution is 2.34. The van der Waals surface area contributed by atoms with Gasteiger partial charge in [-0.3, -0.25) is 4.79 Å². The van der Waals surface area contributed by atoms with E-state index < -0.39 is 17.5 Å². The van der Waals surface area contributed by atoms with Crippen molar-refractivity contribution in [2.75, 3.05) is 29.7 Å². The lowest BCUT2D eigenvalue weighted by Crippen LogP contribution is -2.34. The number of alkyl halides is 1. The molecule has 8 heteroatoms. The fourth-order valence-electron chi connectivity index (χ4n) is 1.72. The van der Waals surface area contributed by atoms with Gasteiger partial charge in [0.25, 0.3) is 0 Å². The molecule has 0 spiro atoms. The molecule has 2 rings (SSSR count). The summed E-state index contributed by atoms with van der Waals surface area (Å²) in [4.78, 5) is 11.3. The number of halogens is 4. The molecule has 1 amide bonds. The van der Waals surface area contributed by atoms with Crippen molar-refractivity contribution in [3.05, 3.63) is 22.2 Å². The Labute approximate surface area is 127 Å². The van der Waals surface area contributed by atoms with Gasteiger partial charge in [0.15, 0.2) is 5.82 Å². The molecule has 20 heavy (non-hydrogen) atoms. The van der Waals surface area contributed by atoms with Crippen molar-refractivity contribution >= 4 is 44.8 Å². The Balaban J connectivity index is 2.26. The van der Waals surface area contributed by atoms with Crippen molar-refractivity contribution in [2.24, 2.45) is 0 Å². The van der Waals surface area contributed by atoms with Crippen LogP contribution in [0.2, 0.25) is 0 Å². The van der Waals surface area contributed by atoms with Crippen LogP contribution in [0.15, 0.2) is 10.5 Å². The highest BCUT2D eigenvalue weighted by Gasteiger charge is 2.22. The molecule has 1 fully saturated rings. The van der Waals surface area contributed by atoms with Gasteiger partial charge < -0.3 is 15.4 Å². The molecule has 0 aromatic heterocycles. The van der Waals surface area contributed by atoms with E-state index in [1.807, 2.05) is 0 Å². The second-order valence-electron chi connectivity index (χ2n) is 4.25. The van der Waals surface area contributed by atoms with E-state index in [0.717, 1.165) is 12.5 Å². The largest absolute Gasteiger partial charge is 0.378 e. The van der Waals surface area contributed by atoms with E-state index in [0.29, 0.717) is 13.2 Å². The van der Waals surface area contributed by atoms with Crippen molar-refractivity contribution in [1.82, 2.24) is 0 Å². The van der Waals surface area contributed by atoms with Gasteiger partial charge in [0, 0.05) is 13.2 Å². The van der Waals surface area contributed by atoms with Gasteiger partial charge >= 0.3 is 0 Å². The molecule has 1 aromatic carbocycles. The zero-order chi connectivity index (χ0) is 14.7. The van der Waals surface area contributed by atoms with Crippen LogP contribution in [0, 0.1) is 11.6 Å². The number of ether oxygens (including phenoxy) is 1. The normalized spacial score (nSPS) is 17.5. The molecule has 0 radical (unpaired) electrons. The molecule has 1 aliphatic heterocycles. The minimum atomic E-state index is -0.756. The Morgan fingerprint density at radius 2 is 2.20 bits per heavy atom.